The summed E-state index contributed by atoms with van der Waals surface area (Å²) in [5, 5.41) is 10.9. The quantitative estimate of drug-likeness (QED) is 0.475. The first-order valence-electron chi connectivity index (χ1n) is 8.17. The third-order valence-corrected chi connectivity index (χ3v) is 6.92. The van der Waals surface area contributed by atoms with Gasteiger partial charge in [0.1, 0.15) is 10.8 Å². The highest BCUT2D eigenvalue weighted by atomic mass is 35.5. The minimum absolute atomic E-state index is 0.0799. The summed E-state index contributed by atoms with van der Waals surface area (Å²) < 4.78 is 6.23. The van der Waals surface area contributed by atoms with Gasteiger partial charge in [0.15, 0.2) is 6.10 Å². The summed E-state index contributed by atoms with van der Waals surface area (Å²) in [6.07, 6.45) is -1.61. The van der Waals surface area contributed by atoms with Crippen LogP contribution >= 0.6 is 57.7 Å². The number of amides is 1. The summed E-state index contributed by atoms with van der Waals surface area (Å²) in [5.41, 5.74) is 0.990. The van der Waals surface area contributed by atoms with Crippen molar-refractivity contribution in [2.75, 3.05) is 4.90 Å². The molecule has 0 fully saturated rings. The van der Waals surface area contributed by atoms with E-state index in [1.807, 2.05) is 0 Å². The number of aliphatic carboxylic acids is 1. The van der Waals surface area contributed by atoms with Crippen molar-refractivity contribution in [3.8, 4) is 5.75 Å². The lowest BCUT2D eigenvalue weighted by Crippen LogP contribution is -2.46. The smallest absolute Gasteiger partial charge is 0.307 e. The van der Waals surface area contributed by atoms with Gasteiger partial charge in [-0.1, -0.05) is 46.4 Å². The molecule has 1 aliphatic rings. The van der Waals surface area contributed by atoms with Crippen molar-refractivity contribution in [2.24, 2.45) is 0 Å². The fourth-order valence-corrected chi connectivity index (χ4v) is 4.88. The molecule has 1 amide bonds. The number of ether oxygens (including phenoxy) is 1. The van der Waals surface area contributed by atoms with E-state index in [1.54, 1.807) is 24.3 Å². The Morgan fingerprint density at radius 1 is 1.21 bits per heavy atom. The number of carboxylic acids is 1. The summed E-state index contributed by atoms with van der Waals surface area (Å²) >= 11 is 25.8. The zero-order chi connectivity index (χ0) is 20.9. The highest BCUT2D eigenvalue weighted by Gasteiger charge is 2.36. The van der Waals surface area contributed by atoms with Crippen molar-refractivity contribution < 1.29 is 19.4 Å². The number of hydrogen-bond donors (Lipinski definition) is 1. The largest absolute Gasteiger partial charge is 0.481 e. The van der Waals surface area contributed by atoms with E-state index in [0.29, 0.717) is 36.7 Å². The Balaban J connectivity index is 1.75. The molecule has 150 valence electrons. The molecule has 1 unspecified atom stereocenters. The lowest BCUT2D eigenvalue weighted by atomic mass is 10.1. The van der Waals surface area contributed by atoms with Crippen LogP contribution in [0.4, 0.5) is 5.69 Å². The number of anilines is 1. The van der Waals surface area contributed by atoms with Crippen LogP contribution in [0.3, 0.4) is 0 Å². The van der Waals surface area contributed by atoms with Gasteiger partial charge in [-0.15, -0.1) is 11.3 Å². The van der Waals surface area contributed by atoms with Gasteiger partial charge in [-0.2, -0.15) is 0 Å². The van der Waals surface area contributed by atoms with E-state index in [4.69, 9.17) is 56.2 Å². The molecule has 2 heterocycles. The van der Waals surface area contributed by atoms with Crippen molar-refractivity contribution in [1.82, 2.24) is 4.98 Å². The molecule has 0 saturated carbocycles. The molecule has 0 spiro atoms. The summed E-state index contributed by atoms with van der Waals surface area (Å²) in [7, 11) is 0. The van der Waals surface area contributed by atoms with Gasteiger partial charge in [-0.05, 0) is 24.3 Å². The van der Waals surface area contributed by atoms with Crippen LogP contribution in [0.5, 0.6) is 5.75 Å². The lowest BCUT2D eigenvalue weighted by molar-refractivity contribution is -0.142. The van der Waals surface area contributed by atoms with E-state index in [1.165, 1.54) is 16.2 Å². The van der Waals surface area contributed by atoms with E-state index in [-0.39, 0.29) is 16.6 Å². The number of fused-ring (bicyclic) bond motifs is 2. The van der Waals surface area contributed by atoms with Gasteiger partial charge in [0.25, 0.3) is 5.91 Å². The third-order valence-electron chi connectivity index (χ3n) is 4.24. The Morgan fingerprint density at radius 3 is 2.69 bits per heavy atom. The van der Waals surface area contributed by atoms with Crippen LogP contribution in [-0.2, 0) is 16.1 Å². The first kappa shape index (κ1) is 20.5. The predicted octanol–water partition coefficient (Wildman–Crippen LogP) is 5.68. The average molecular weight is 492 g/mol. The molecule has 1 atom stereocenters. The van der Waals surface area contributed by atoms with Crippen molar-refractivity contribution in [1.29, 1.82) is 0 Å². The Hall–Kier alpha value is -1.77. The molecule has 0 bridgehead atoms. The van der Waals surface area contributed by atoms with E-state index < -0.39 is 24.4 Å². The molecule has 1 aliphatic heterocycles. The second-order valence-corrected chi connectivity index (χ2v) is 8.87. The Morgan fingerprint density at radius 2 is 1.97 bits per heavy atom. The summed E-state index contributed by atoms with van der Waals surface area (Å²) in [5.74, 6) is -1.27. The number of nitrogens with zero attached hydrogens (tertiary/aromatic N) is 2. The standard InChI is InChI=1S/C18H10Cl4N2O4S/c19-7-1-2-11-10(3-7)24(18(27)12(28-11)5-14(25)26)6-13-23-9-4-8(20)15(21)16(22)17(9)29-13/h1-4,12H,5-6H2,(H,25,26). The molecule has 6 nitrogen and oxygen atoms in total. The number of carbonyl (C=O) groups is 2. The van der Waals surface area contributed by atoms with Crippen LogP contribution < -0.4 is 9.64 Å². The van der Waals surface area contributed by atoms with Gasteiger partial charge in [0.05, 0.1) is 43.9 Å². The number of thiazole rings is 1. The van der Waals surface area contributed by atoms with Crippen LogP contribution in [0.2, 0.25) is 20.1 Å². The Bertz CT molecular complexity index is 1170. The maximum Gasteiger partial charge on any atom is 0.307 e. The first-order valence-corrected chi connectivity index (χ1v) is 10.5. The fourth-order valence-electron chi connectivity index (χ4n) is 2.97. The molecular formula is C18H10Cl4N2O4S. The molecule has 3 aromatic rings. The monoisotopic (exact) mass is 490 g/mol. The second-order valence-electron chi connectivity index (χ2n) is 6.18. The Labute approximate surface area is 188 Å². The topological polar surface area (TPSA) is 79.7 Å². The van der Waals surface area contributed by atoms with Crippen molar-refractivity contribution in [3.05, 3.63) is 49.4 Å². The number of hydrogen-bond acceptors (Lipinski definition) is 5. The molecule has 29 heavy (non-hydrogen) atoms. The zero-order valence-corrected chi connectivity index (χ0v) is 18.1. The SMILES string of the molecule is O=C(O)CC1Oc2ccc(Cl)cc2N(Cc2nc3cc(Cl)c(Cl)c(Cl)c3s2)C1=O. The molecule has 1 aromatic heterocycles. The molecule has 0 saturated heterocycles. The first-order chi connectivity index (χ1) is 13.7. The van der Waals surface area contributed by atoms with Crippen molar-refractivity contribution in [2.45, 2.75) is 19.1 Å². The lowest BCUT2D eigenvalue weighted by Gasteiger charge is -2.33. The highest BCUT2D eigenvalue weighted by molar-refractivity contribution is 7.19. The van der Waals surface area contributed by atoms with E-state index in [2.05, 4.69) is 4.98 Å². The number of rotatable bonds is 4. The van der Waals surface area contributed by atoms with Crippen LogP contribution in [-0.4, -0.2) is 28.1 Å². The Kier molecular flexibility index (Phi) is 5.52. The van der Waals surface area contributed by atoms with Crippen molar-refractivity contribution >= 4 is 85.5 Å². The molecular weight excluding hydrogens is 482 g/mol. The number of carbonyl (C=O) groups excluding carboxylic acids is 1. The molecule has 11 heteroatoms. The fraction of sp³-hybridized carbons (Fsp3) is 0.167. The molecule has 1 N–H and O–H groups in total. The van der Waals surface area contributed by atoms with E-state index in [0.717, 1.165) is 0 Å². The van der Waals surface area contributed by atoms with Gasteiger partial charge in [-0.3, -0.25) is 14.5 Å². The van der Waals surface area contributed by atoms with Crippen molar-refractivity contribution in [3.63, 3.8) is 0 Å². The van der Waals surface area contributed by atoms with Crippen LogP contribution in [0, 0.1) is 0 Å². The summed E-state index contributed by atoms with van der Waals surface area (Å²) in [4.78, 5) is 30.0. The highest BCUT2D eigenvalue weighted by Crippen LogP contribution is 2.41. The van der Waals surface area contributed by atoms with E-state index in [9.17, 15) is 9.59 Å². The average Bonchev–Trinajstić information content (AvgIpc) is 3.06. The predicted molar refractivity (Wildman–Crippen MR) is 114 cm³/mol. The molecule has 2 aromatic carbocycles. The van der Waals surface area contributed by atoms with Gasteiger partial charge in [-0.25, -0.2) is 4.98 Å². The number of halogens is 4. The van der Waals surface area contributed by atoms with Gasteiger partial charge >= 0.3 is 5.97 Å². The third kappa shape index (κ3) is 3.85. The number of aromatic nitrogens is 1. The van der Waals surface area contributed by atoms with E-state index >= 15 is 0 Å². The molecule has 0 aliphatic carbocycles. The van der Waals surface area contributed by atoms with Gasteiger partial charge < -0.3 is 9.84 Å². The maximum absolute atomic E-state index is 12.9. The minimum Gasteiger partial charge on any atom is -0.481 e. The van der Waals surface area contributed by atoms with Gasteiger partial charge in [0.2, 0.25) is 0 Å². The number of carboxylic acid groups (broad SMARTS) is 1. The molecule has 4 rings (SSSR count). The summed E-state index contributed by atoms with van der Waals surface area (Å²) in [6.45, 7) is 0.0799. The zero-order valence-electron chi connectivity index (χ0n) is 14.3. The van der Waals surface area contributed by atoms with Gasteiger partial charge in [0, 0.05) is 5.02 Å². The normalized spacial score (nSPS) is 16.1. The summed E-state index contributed by atoms with van der Waals surface area (Å²) in [6, 6.07) is 6.39. The van der Waals surface area contributed by atoms with Crippen LogP contribution in [0.25, 0.3) is 10.2 Å². The number of benzene rings is 2. The maximum atomic E-state index is 12.9. The minimum atomic E-state index is -1.15. The second kappa shape index (κ2) is 7.81. The van der Waals surface area contributed by atoms with Crippen LogP contribution in [0.1, 0.15) is 11.4 Å². The van der Waals surface area contributed by atoms with Crippen LogP contribution in [0.15, 0.2) is 24.3 Å². The molecule has 0 radical (unpaired) electrons.